The summed E-state index contributed by atoms with van der Waals surface area (Å²) in [5, 5.41) is 3.53. The van der Waals surface area contributed by atoms with Crippen LogP contribution in [-0.4, -0.2) is 47.7 Å². The minimum Gasteiger partial charge on any atom is -0.379 e. The van der Waals surface area contributed by atoms with E-state index in [1.165, 1.54) is 16.9 Å². The van der Waals surface area contributed by atoms with Crippen LogP contribution in [0.25, 0.3) is 10.2 Å². The second-order valence-corrected chi connectivity index (χ2v) is 9.21. The highest BCUT2D eigenvalue weighted by atomic mass is 32.1. The van der Waals surface area contributed by atoms with E-state index < -0.39 is 0 Å². The number of fused-ring (bicyclic) bond motifs is 2. The largest absolute Gasteiger partial charge is 0.379 e. The van der Waals surface area contributed by atoms with Gasteiger partial charge in [-0.1, -0.05) is 30.7 Å². The van der Waals surface area contributed by atoms with Crippen molar-refractivity contribution in [2.45, 2.75) is 38.8 Å². The predicted molar refractivity (Wildman–Crippen MR) is 111 cm³/mol. The molecule has 0 saturated carbocycles. The summed E-state index contributed by atoms with van der Waals surface area (Å²) in [7, 11) is 0. The number of hydrogen-bond acceptors (Lipinski definition) is 6. The number of carbonyl (C=O) groups excluding carboxylic acids is 1. The van der Waals surface area contributed by atoms with Crippen LogP contribution in [0.1, 0.15) is 36.5 Å². The molecule has 1 N–H and O–H groups in total. The number of hydrogen-bond donors (Lipinski definition) is 1. The fourth-order valence-electron chi connectivity index (χ4n) is 4.58. The van der Waals surface area contributed by atoms with Gasteiger partial charge in [0.05, 0.1) is 23.4 Å². The summed E-state index contributed by atoms with van der Waals surface area (Å²) in [6, 6.07) is 2.30. The molecule has 3 unspecified atom stereocenters. The highest BCUT2D eigenvalue weighted by Crippen LogP contribution is 2.45. The van der Waals surface area contributed by atoms with Crippen molar-refractivity contribution >= 4 is 33.3 Å². The van der Waals surface area contributed by atoms with Crippen molar-refractivity contribution in [1.82, 2.24) is 15.3 Å². The number of anilines is 1. The summed E-state index contributed by atoms with van der Waals surface area (Å²) in [5.74, 6) is 0.758. The van der Waals surface area contributed by atoms with Gasteiger partial charge in [0, 0.05) is 24.8 Å². The molecule has 6 nitrogen and oxygen atoms in total. The first-order valence-corrected chi connectivity index (χ1v) is 10.6. The Kier molecular flexibility index (Phi) is 4.25. The molecule has 7 heteroatoms. The molecule has 146 valence electrons. The van der Waals surface area contributed by atoms with Gasteiger partial charge in [0.1, 0.15) is 5.52 Å². The molecular formula is C21H24N4O2S. The van der Waals surface area contributed by atoms with Crippen LogP contribution in [0, 0.1) is 5.41 Å². The summed E-state index contributed by atoms with van der Waals surface area (Å²) in [6.07, 6.45) is 10.6. The maximum atomic E-state index is 12.6. The van der Waals surface area contributed by atoms with Crippen molar-refractivity contribution in [3.05, 3.63) is 41.1 Å². The molecule has 3 atom stereocenters. The first-order valence-electron chi connectivity index (χ1n) is 9.82. The van der Waals surface area contributed by atoms with E-state index in [-0.39, 0.29) is 23.4 Å². The molecule has 5 rings (SSSR count). The molecule has 28 heavy (non-hydrogen) atoms. The maximum absolute atomic E-state index is 12.6. The topological polar surface area (TPSA) is 67.4 Å². The third kappa shape index (κ3) is 2.93. The zero-order valence-corrected chi connectivity index (χ0v) is 17.0. The lowest BCUT2D eigenvalue weighted by molar-refractivity contribution is 0.0929. The number of aromatic nitrogens is 2. The lowest BCUT2D eigenvalue weighted by Gasteiger charge is -2.34. The first-order chi connectivity index (χ1) is 13.5. The molecule has 2 aromatic rings. The first kappa shape index (κ1) is 17.8. The molecular weight excluding hydrogens is 372 g/mol. The normalized spacial score (nSPS) is 29.2. The van der Waals surface area contributed by atoms with Gasteiger partial charge in [-0.3, -0.25) is 4.79 Å². The van der Waals surface area contributed by atoms with Crippen molar-refractivity contribution in [2.75, 3.05) is 24.7 Å². The quantitative estimate of drug-likeness (QED) is 0.862. The van der Waals surface area contributed by atoms with Crippen LogP contribution < -0.4 is 10.2 Å². The summed E-state index contributed by atoms with van der Waals surface area (Å²) in [4.78, 5) is 24.4. The van der Waals surface area contributed by atoms with Crippen molar-refractivity contribution in [1.29, 1.82) is 0 Å². The van der Waals surface area contributed by atoms with Gasteiger partial charge in [0.2, 0.25) is 0 Å². The SMILES string of the molecule is CC1=CC2(C)CCN(c3nccc4sc(C(=O)NC5CCOC5)nc34)C2C=C1. The van der Waals surface area contributed by atoms with Gasteiger partial charge in [0.25, 0.3) is 5.91 Å². The second-order valence-electron chi connectivity index (χ2n) is 8.18. The summed E-state index contributed by atoms with van der Waals surface area (Å²) in [5.41, 5.74) is 2.25. The monoisotopic (exact) mass is 396 g/mol. The minimum atomic E-state index is -0.120. The third-order valence-corrected chi connectivity index (χ3v) is 7.04. The van der Waals surface area contributed by atoms with Crippen LogP contribution in [0.5, 0.6) is 0 Å². The van der Waals surface area contributed by atoms with Crippen LogP contribution >= 0.6 is 11.3 Å². The van der Waals surface area contributed by atoms with E-state index in [9.17, 15) is 4.79 Å². The number of rotatable bonds is 3. The van der Waals surface area contributed by atoms with Gasteiger partial charge in [-0.25, -0.2) is 9.97 Å². The molecule has 4 heterocycles. The highest BCUT2D eigenvalue weighted by Gasteiger charge is 2.43. The third-order valence-electron chi connectivity index (χ3n) is 6.02. The molecule has 2 aromatic heterocycles. The number of nitrogens with one attached hydrogen (secondary N) is 1. The van der Waals surface area contributed by atoms with E-state index in [2.05, 4.69) is 47.3 Å². The van der Waals surface area contributed by atoms with Crippen molar-refractivity contribution in [3.63, 3.8) is 0 Å². The van der Waals surface area contributed by atoms with Crippen LogP contribution in [0.15, 0.2) is 36.1 Å². The molecule has 2 fully saturated rings. The molecule has 0 bridgehead atoms. The van der Waals surface area contributed by atoms with Gasteiger partial charge in [0.15, 0.2) is 10.8 Å². The zero-order valence-electron chi connectivity index (χ0n) is 16.1. The fraction of sp³-hybridized carbons (Fsp3) is 0.476. The Labute approximate surface area is 168 Å². The molecule has 1 aliphatic carbocycles. The molecule has 3 aliphatic rings. The van der Waals surface area contributed by atoms with E-state index in [1.54, 1.807) is 0 Å². The smallest absolute Gasteiger partial charge is 0.280 e. The van der Waals surface area contributed by atoms with Crippen molar-refractivity contribution < 1.29 is 9.53 Å². The standard InChI is InChI=1S/C21H24N4O2S/c1-13-3-4-16-21(2,11-13)7-9-25(16)18-17-15(5-8-22-18)28-20(24-17)19(26)23-14-6-10-27-12-14/h3-5,8,11,14,16H,6-7,9-10,12H2,1-2H3,(H,23,26). The Morgan fingerprint density at radius 2 is 2.36 bits per heavy atom. The molecule has 0 aromatic carbocycles. The Morgan fingerprint density at radius 3 is 3.18 bits per heavy atom. The minimum absolute atomic E-state index is 0.0822. The second kappa shape index (κ2) is 6.67. The van der Waals surface area contributed by atoms with Crippen LogP contribution in [0.3, 0.4) is 0 Å². The molecule has 1 amide bonds. The van der Waals surface area contributed by atoms with E-state index in [0.717, 1.165) is 35.4 Å². The lowest BCUT2D eigenvalue weighted by Crippen LogP contribution is -2.37. The average Bonchev–Trinajstić information content (AvgIpc) is 3.38. The average molecular weight is 397 g/mol. The number of carbonyl (C=O) groups is 1. The summed E-state index contributed by atoms with van der Waals surface area (Å²) in [6.45, 7) is 6.68. The van der Waals surface area contributed by atoms with Gasteiger partial charge in [-0.2, -0.15) is 0 Å². The molecule has 2 saturated heterocycles. The van der Waals surface area contributed by atoms with Crippen molar-refractivity contribution in [2.24, 2.45) is 5.41 Å². The van der Waals surface area contributed by atoms with Gasteiger partial charge in [-0.15, -0.1) is 11.3 Å². The number of pyridine rings is 1. The van der Waals surface area contributed by atoms with Gasteiger partial charge in [-0.05, 0) is 25.8 Å². The van der Waals surface area contributed by atoms with Gasteiger partial charge >= 0.3 is 0 Å². The number of ether oxygens (including phenoxy) is 1. The number of amides is 1. The molecule has 0 spiro atoms. The number of allylic oxidation sites excluding steroid dienone is 2. The van der Waals surface area contributed by atoms with E-state index >= 15 is 0 Å². The highest BCUT2D eigenvalue weighted by molar-refractivity contribution is 7.20. The van der Waals surface area contributed by atoms with Crippen LogP contribution in [-0.2, 0) is 4.74 Å². The molecule has 2 aliphatic heterocycles. The Morgan fingerprint density at radius 1 is 1.46 bits per heavy atom. The zero-order chi connectivity index (χ0) is 19.3. The van der Waals surface area contributed by atoms with E-state index in [1.807, 2.05) is 12.3 Å². The number of nitrogens with zero attached hydrogens (tertiary/aromatic N) is 3. The maximum Gasteiger partial charge on any atom is 0.280 e. The van der Waals surface area contributed by atoms with Crippen molar-refractivity contribution in [3.8, 4) is 0 Å². The fourth-order valence-corrected chi connectivity index (χ4v) is 5.44. The Balaban J connectivity index is 1.47. The Bertz CT molecular complexity index is 991. The van der Waals surface area contributed by atoms with Gasteiger partial charge < -0.3 is 15.0 Å². The lowest BCUT2D eigenvalue weighted by atomic mass is 9.78. The molecule has 0 radical (unpaired) electrons. The van der Waals surface area contributed by atoms with Crippen LogP contribution in [0.4, 0.5) is 5.82 Å². The summed E-state index contributed by atoms with van der Waals surface area (Å²) >= 11 is 1.43. The predicted octanol–water partition coefficient (Wildman–Crippen LogP) is 3.31. The summed E-state index contributed by atoms with van der Waals surface area (Å²) < 4.78 is 6.35. The van der Waals surface area contributed by atoms with E-state index in [4.69, 9.17) is 9.72 Å². The van der Waals surface area contributed by atoms with Crippen LogP contribution in [0.2, 0.25) is 0 Å². The number of thiazole rings is 1. The van der Waals surface area contributed by atoms with E-state index in [0.29, 0.717) is 18.2 Å². The Hall–Kier alpha value is -2.25.